The van der Waals surface area contributed by atoms with Gasteiger partial charge in [0.1, 0.15) is 16.9 Å². The van der Waals surface area contributed by atoms with Gasteiger partial charge in [-0.15, -0.1) is 0 Å². The van der Waals surface area contributed by atoms with Crippen LogP contribution in [0.1, 0.15) is 27.6 Å². The van der Waals surface area contributed by atoms with Crippen LogP contribution in [-0.2, 0) is 11.8 Å². The minimum absolute atomic E-state index is 0.00386. The Kier molecular flexibility index (Phi) is 5.94. The molecule has 0 saturated carbocycles. The molecule has 32 heavy (non-hydrogen) atoms. The zero-order valence-corrected chi connectivity index (χ0v) is 19.3. The van der Waals surface area contributed by atoms with Crippen molar-refractivity contribution in [1.82, 2.24) is 14.0 Å². The fourth-order valence-corrected chi connectivity index (χ4v) is 3.83. The number of carbonyl (C=O) groups is 2. The van der Waals surface area contributed by atoms with Crippen LogP contribution in [0.5, 0.6) is 0 Å². The molecule has 8 nitrogen and oxygen atoms in total. The summed E-state index contributed by atoms with van der Waals surface area (Å²) in [6.07, 6.45) is 1.59. The molecule has 162 valence electrons. The molecule has 0 radical (unpaired) electrons. The normalized spacial score (nSPS) is 11.8. The Bertz CT molecular complexity index is 1540. The van der Waals surface area contributed by atoms with E-state index in [0.717, 1.165) is 0 Å². The lowest BCUT2D eigenvalue weighted by atomic mass is 10.2. The second-order valence-corrected chi connectivity index (χ2v) is 8.11. The summed E-state index contributed by atoms with van der Waals surface area (Å²) in [5.41, 5.74) is 0.445. The van der Waals surface area contributed by atoms with Gasteiger partial charge in [-0.25, -0.2) is 9.78 Å². The largest absolute Gasteiger partial charge is 0.462 e. The highest BCUT2D eigenvalue weighted by atomic mass is 79.9. The number of hydrogen-bond donors (Lipinski definition) is 0. The number of aromatic nitrogens is 3. The summed E-state index contributed by atoms with van der Waals surface area (Å²) in [6, 6.07) is 11.3. The number of aryl methyl sites for hydroxylation is 1. The Morgan fingerprint density at radius 3 is 2.72 bits per heavy atom. The van der Waals surface area contributed by atoms with E-state index >= 15 is 0 Å². The topological polar surface area (TPSA) is 95.0 Å². The summed E-state index contributed by atoms with van der Waals surface area (Å²) in [4.78, 5) is 47.4. The van der Waals surface area contributed by atoms with Crippen LogP contribution in [0.3, 0.4) is 0 Å². The molecule has 0 saturated heterocycles. The van der Waals surface area contributed by atoms with Gasteiger partial charge in [-0.05, 0) is 43.3 Å². The van der Waals surface area contributed by atoms with Crippen molar-refractivity contribution >= 4 is 56.1 Å². The maximum absolute atomic E-state index is 13.0. The van der Waals surface area contributed by atoms with E-state index in [1.165, 1.54) is 21.1 Å². The van der Waals surface area contributed by atoms with Gasteiger partial charge < -0.3 is 9.30 Å². The first-order chi connectivity index (χ1) is 15.3. The number of pyridine rings is 2. The third-order valence-electron chi connectivity index (χ3n) is 4.78. The van der Waals surface area contributed by atoms with Crippen LogP contribution in [0, 0.1) is 0 Å². The molecule has 0 aliphatic heterocycles. The van der Waals surface area contributed by atoms with Crippen molar-refractivity contribution in [3.05, 3.63) is 85.1 Å². The van der Waals surface area contributed by atoms with E-state index in [9.17, 15) is 14.4 Å². The van der Waals surface area contributed by atoms with E-state index < -0.39 is 11.9 Å². The number of halogens is 2. The van der Waals surface area contributed by atoms with Crippen LogP contribution < -0.4 is 11.0 Å². The number of ether oxygens (including phenoxy) is 1. The number of rotatable bonds is 3. The van der Waals surface area contributed by atoms with Crippen LogP contribution in [0.15, 0.2) is 62.9 Å². The summed E-state index contributed by atoms with van der Waals surface area (Å²) in [5, 5.41) is 0.400. The highest BCUT2D eigenvalue weighted by Crippen LogP contribution is 2.21. The van der Waals surface area contributed by atoms with Crippen LogP contribution in [0.4, 0.5) is 0 Å². The van der Waals surface area contributed by atoms with Crippen LogP contribution in [0.2, 0.25) is 5.02 Å². The van der Waals surface area contributed by atoms with Gasteiger partial charge in [0.15, 0.2) is 5.49 Å². The van der Waals surface area contributed by atoms with E-state index in [2.05, 4.69) is 25.9 Å². The second kappa shape index (κ2) is 8.68. The number of hydrogen-bond acceptors (Lipinski definition) is 5. The maximum Gasteiger partial charge on any atom is 0.341 e. The summed E-state index contributed by atoms with van der Waals surface area (Å²) in [6.45, 7) is 1.77. The first-order valence-corrected chi connectivity index (χ1v) is 10.7. The summed E-state index contributed by atoms with van der Waals surface area (Å²) < 4.78 is 8.60. The Hall–Kier alpha value is -3.30. The quantitative estimate of drug-likeness (QED) is 0.307. The molecular weight excluding hydrogens is 500 g/mol. The van der Waals surface area contributed by atoms with Gasteiger partial charge in [-0.3, -0.25) is 14.0 Å². The lowest BCUT2D eigenvalue weighted by molar-refractivity contribution is 0.0523. The molecule has 0 bridgehead atoms. The Balaban J connectivity index is 2.08. The maximum atomic E-state index is 13.0. The van der Waals surface area contributed by atoms with Gasteiger partial charge in [0, 0.05) is 17.7 Å². The molecule has 0 atom stereocenters. The molecule has 0 spiro atoms. The average Bonchev–Trinajstić information content (AvgIpc) is 2.78. The zero-order valence-electron chi connectivity index (χ0n) is 17.0. The molecule has 0 unspecified atom stereocenters. The van der Waals surface area contributed by atoms with Crippen molar-refractivity contribution in [3.63, 3.8) is 0 Å². The fourth-order valence-electron chi connectivity index (χ4n) is 3.27. The minimum Gasteiger partial charge on any atom is -0.462 e. The van der Waals surface area contributed by atoms with E-state index in [1.807, 2.05) is 0 Å². The van der Waals surface area contributed by atoms with E-state index in [0.29, 0.717) is 10.1 Å². The van der Waals surface area contributed by atoms with Gasteiger partial charge >= 0.3 is 5.97 Å². The van der Waals surface area contributed by atoms with Crippen LogP contribution >= 0.6 is 27.5 Å². The van der Waals surface area contributed by atoms with Gasteiger partial charge in [0.25, 0.3) is 11.5 Å². The number of carbonyl (C=O) groups excluding carboxylic acids is 2. The molecule has 1 amide bonds. The molecule has 0 aliphatic rings. The highest BCUT2D eigenvalue weighted by Gasteiger charge is 2.19. The Morgan fingerprint density at radius 1 is 1.19 bits per heavy atom. The number of benzene rings is 1. The SMILES string of the molecule is CCOC(=O)c1cc2c(=O)n3ccccc3nc2n(C)c1=NC(=O)c1cc(Br)ccc1Cl. The Labute approximate surface area is 194 Å². The number of nitrogens with zero attached hydrogens (tertiary/aromatic N) is 4. The lowest BCUT2D eigenvalue weighted by Crippen LogP contribution is -2.31. The molecule has 3 heterocycles. The van der Waals surface area contributed by atoms with Crippen molar-refractivity contribution in [1.29, 1.82) is 0 Å². The minimum atomic E-state index is -0.713. The third-order valence-corrected chi connectivity index (χ3v) is 5.60. The standard InChI is InChI=1S/C22H16BrClN4O4/c1-3-32-22(31)15-11-14-18(25-17-6-4-5-9-28(17)21(14)30)27(2)19(15)26-20(29)13-10-12(23)7-8-16(13)24/h4-11H,3H2,1-2H3. The lowest BCUT2D eigenvalue weighted by Gasteiger charge is -2.11. The van der Waals surface area contributed by atoms with E-state index in [1.54, 1.807) is 50.5 Å². The Morgan fingerprint density at radius 2 is 1.97 bits per heavy atom. The van der Waals surface area contributed by atoms with Crippen molar-refractivity contribution in [2.45, 2.75) is 6.92 Å². The number of amides is 1. The van der Waals surface area contributed by atoms with E-state index in [4.69, 9.17) is 16.3 Å². The predicted molar refractivity (Wildman–Crippen MR) is 123 cm³/mol. The molecule has 4 aromatic rings. The van der Waals surface area contributed by atoms with Crippen molar-refractivity contribution in [3.8, 4) is 0 Å². The first-order valence-electron chi connectivity index (χ1n) is 9.54. The fraction of sp³-hybridized carbons (Fsp3) is 0.136. The first kappa shape index (κ1) is 21.9. The molecule has 0 aliphatic carbocycles. The molecule has 10 heteroatoms. The van der Waals surface area contributed by atoms with Gasteiger partial charge in [-0.2, -0.15) is 4.99 Å². The van der Waals surface area contributed by atoms with Crippen molar-refractivity contribution in [2.75, 3.05) is 6.61 Å². The molecule has 4 rings (SSSR count). The second-order valence-electron chi connectivity index (χ2n) is 6.79. The third kappa shape index (κ3) is 3.85. The van der Waals surface area contributed by atoms with Crippen molar-refractivity contribution < 1.29 is 14.3 Å². The monoisotopic (exact) mass is 514 g/mol. The van der Waals surface area contributed by atoms with Gasteiger partial charge in [-0.1, -0.05) is 33.6 Å². The highest BCUT2D eigenvalue weighted by molar-refractivity contribution is 9.10. The zero-order chi connectivity index (χ0) is 23.0. The van der Waals surface area contributed by atoms with Crippen molar-refractivity contribution in [2.24, 2.45) is 12.0 Å². The van der Waals surface area contributed by atoms with Crippen LogP contribution in [-0.4, -0.2) is 32.4 Å². The number of fused-ring (bicyclic) bond motifs is 2. The summed E-state index contributed by atoms with van der Waals surface area (Å²) in [7, 11) is 1.57. The van der Waals surface area contributed by atoms with Crippen LogP contribution in [0.25, 0.3) is 16.7 Å². The molecule has 0 N–H and O–H groups in total. The van der Waals surface area contributed by atoms with Gasteiger partial charge in [0.05, 0.1) is 22.6 Å². The number of esters is 1. The summed E-state index contributed by atoms with van der Waals surface area (Å²) >= 11 is 9.48. The smallest absolute Gasteiger partial charge is 0.341 e. The molecule has 3 aromatic heterocycles. The molecular formula is C22H16BrClN4O4. The average molecular weight is 516 g/mol. The molecule has 1 aromatic carbocycles. The molecule has 0 fully saturated rings. The van der Waals surface area contributed by atoms with E-state index in [-0.39, 0.29) is 44.8 Å². The summed E-state index contributed by atoms with van der Waals surface area (Å²) in [5.74, 6) is -1.37. The van der Waals surface area contributed by atoms with Gasteiger partial charge in [0.2, 0.25) is 0 Å². The predicted octanol–water partition coefficient (Wildman–Crippen LogP) is 3.52.